The number of nitrogens with one attached hydrogen (secondary N) is 1. The number of amides is 1. The molecule has 8 heteroatoms. The van der Waals surface area contributed by atoms with Gasteiger partial charge < -0.3 is 5.32 Å². The van der Waals surface area contributed by atoms with E-state index in [0.29, 0.717) is 11.7 Å². The van der Waals surface area contributed by atoms with E-state index >= 15 is 0 Å². The van der Waals surface area contributed by atoms with Crippen LogP contribution < -0.4 is 10.9 Å². The SMILES string of the molecule is CCn1c(SCC(=O)NC2CCN(Cc3ccccc3)CC2)nc2sc3c(c2c1=O)CCCC3. The highest BCUT2D eigenvalue weighted by Gasteiger charge is 2.23. The van der Waals surface area contributed by atoms with Gasteiger partial charge in [0.15, 0.2) is 5.16 Å². The van der Waals surface area contributed by atoms with Crippen molar-refractivity contribution in [1.82, 2.24) is 19.8 Å². The van der Waals surface area contributed by atoms with E-state index in [1.165, 1.54) is 34.2 Å². The van der Waals surface area contributed by atoms with Gasteiger partial charge in [-0.05, 0) is 56.6 Å². The predicted octanol–water partition coefficient (Wildman–Crippen LogP) is 4.23. The maximum atomic E-state index is 13.2. The minimum absolute atomic E-state index is 0.0222. The van der Waals surface area contributed by atoms with Gasteiger partial charge in [0.05, 0.1) is 11.1 Å². The Labute approximate surface area is 208 Å². The summed E-state index contributed by atoms with van der Waals surface area (Å²) >= 11 is 3.05. The molecule has 1 amide bonds. The number of thioether (sulfide) groups is 1. The number of likely N-dealkylation sites (tertiary alicyclic amines) is 1. The molecular formula is C26H32N4O2S2. The Kier molecular flexibility index (Phi) is 7.37. The van der Waals surface area contributed by atoms with Gasteiger partial charge in [0, 0.05) is 37.1 Å². The molecule has 1 aliphatic carbocycles. The van der Waals surface area contributed by atoms with Crippen molar-refractivity contribution in [3.8, 4) is 0 Å². The first-order valence-corrected chi connectivity index (χ1v) is 14.2. The van der Waals surface area contributed by atoms with Crippen molar-refractivity contribution >= 4 is 39.2 Å². The third-order valence-electron chi connectivity index (χ3n) is 6.89. The fraction of sp³-hybridized carbons (Fsp3) is 0.500. The first-order chi connectivity index (χ1) is 16.6. The number of benzene rings is 1. The molecule has 34 heavy (non-hydrogen) atoms. The van der Waals surface area contributed by atoms with Crippen LogP contribution in [0.15, 0.2) is 40.3 Å². The number of rotatable bonds is 7. The quantitative estimate of drug-likeness (QED) is 0.392. The molecule has 0 atom stereocenters. The van der Waals surface area contributed by atoms with Crippen molar-refractivity contribution in [3.05, 3.63) is 56.7 Å². The standard InChI is InChI=1S/C26H32N4O2S2/c1-2-30-25(32)23-20-10-6-7-11-21(20)34-24(23)28-26(30)33-17-22(31)27-19-12-14-29(15-13-19)16-18-8-4-3-5-9-18/h3-5,8-9,19H,2,6-7,10-17H2,1H3,(H,27,31). The fourth-order valence-corrected chi connectivity index (χ4v) is 7.26. The molecule has 1 saturated heterocycles. The van der Waals surface area contributed by atoms with Crippen LogP contribution in [-0.4, -0.2) is 45.2 Å². The largest absolute Gasteiger partial charge is 0.353 e. The lowest BCUT2D eigenvalue weighted by Crippen LogP contribution is -2.44. The van der Waals surface area contributed by atoms with Gasteiger partial charge in [-0.15, -0.1) is 11.3 Å². The summed E-state index contributed by atoms with van der Waals surface area (Å²) in [6.07, 6.45) is 6.30. The lowest BCUT2D eigenvalue weighted by Gasteiger charge is -2.32. The predicted molar refractivity (Wildman–Crippen MR) is 140 cm³/mol. The molecular weight excluding hydrogens is 464 g/mol. The third-order valence-corrected chi connectivity index (χ3v) is 9.05. The van der Waals surface area contributed by atoms with Crippen molar-refractivity contribution in [2.75, 3.05) is 18.8 Å². The second-order valence-electron chi connectivity index (χ2n) is 9.23. The second kappa shape index (κ2) is 10.6. The highest BCUT2D eigenvalue weighted by atomic mass is 32.2. The number of aryl methyl sites for hydroxylation is 2. The van der Waals surface area contributed by atoms with E-state index < -0.39 is 0 Å². The Morgan fingerprint density at radius 3 is 2.71 bits per heavy atom. The minimum Gasteiger partial charge on any atom is -0.353 e. The third kappa shape index (κ3) is 5.09. The molecule has 3 aromatic rings. The van der Waals surface area contributed by atoms with Crippen LogP contribution >= 0.6 is 23.1 Å². The number of fused-ring (bicyclic) bond motifs is 3. The summed E-state index contributed by atoms with van der Waals surface area (Å²) in [5.41, 5.74) is 2.61. The van der Waals surface area contributed by atoms with Crippen LogP contribution in [-0.2, 0) is 30.7 Å². The van der Waals surface area contributed by atoms with Crippen LogP contribution in [0.1, 0.15) is 48.6 Å². The highest BCUT2D eigenvalue weighted by molar-refractivity contribution is 7.99. The summed E-state index contributed by atoms with van der Waals surface area (Å²) in [5.74, 6) is 0.307. The summed E-state index contributed by atoms with van der Waals surface area (Å²) in [7, 11) is 0. The zero-order valence-electron chi connectivity index (χ0n) is 19.7. The molecule has 0 saturated carbocycles. The van der Waals surface area contributed by atoms with Crippen LogP contribution in [0.2, 0.25) is 0 Å². The van der Waals surface area contributed by atoms with E-state index in [-0.39, 0.29) is 23.3 Å². The summed E-state index contributed by atoms with van der Waals surface area (Å²) in [4.78, 5) is 35.4. The Balaban J connectivity index is 1.18. The summed E-state index contributed by atoms with van der Waals surface area (Å²) < 4.78 is 1.74. The number of hydrogen-bond acceptors (Lipinski definition) is 6. The minimum atomic E-state index is 0.0222. The molecule has 3 heterocycles. The monoisotopic (exact) mass is 496 g/mol. The maximum absolute atomic E-state index is 13.2. The number of hydrogen-bond donors (Lipinski definition) is 1. The molecule has 0 spiro atoms. The van der Waals surface area contributed by atoms with Crippen molar-refractivity contribution < 1.29 is 4.79 Å². The Morgan fingerprint density at radius 2 is 1.94 bits per heavy atom. The van der Waals surface area contributed by atoms with E-state index in [1.807, 2.05) is 13.0 Å². The van der Waals surface area contributed by atoms with Gasteiger partial charge in [0.25, 0.3) is 5.56 Å². The second-order valence-corrected chi connectivity index (χ2v) is 11.3. The van der Waals surface area contributed by atoms with Crippen molar-refractivity contribution in [1.29, 1.82) is 0 Å². The number of carbonyl (C=O) groups excluding carboxylic acids is 1. The van der Waals surface area contributed by atoms with E-state index in [2.05, 4.69) is 34.5 Å². The Bertz CT molecular complexity index is 1210. The van der Waals surface area contributed by atoms with Crippen LogP contribution in [0.3, 0.4) is 0 Å². The number of aromatic nitrogens is 2. The van der Waals surface area contributed by atoms with Crippen molar-refractivity contribution in [3.63, 3.8) is 0 Å². The van der Waals surface area contributed by atoms with Gasteiger partial charge in [-0.3, -0.25) is 19.1 Å². The lowest BCUT2D eigenvalue weighted by atomic mass is 9.97. The lowest BCUT2D eigenvalue weighted by molar-refractivity contribution is -0.119. The molecule has 2 aromatic heterocycles. The molecule has 0 unspecified atom stereocenters. The maximum Gasteiger partial charge on any atom is 0.263 e. The zero-order chi connectivity index (χ0) is 23.5. The molecule has 1 fully saturated rings. The molecule has 2 aliphatic rings. The van der Waals surface area contributed by atoms with Gasteiger partial charge in [-0.1, -0.05) is 42.1 Å². The number of piperidine rings is 1. The average molecular weight is 497 g/mol. The summed E-state index contributed by atoms with van der Waals surface area (Å²) in [5, 5.41) is 4.68. The molecule has 1 aromatic carbocycles. The Morgan fingerprint density at radius 1 is 1.18 bits per heavy atom. The van der Waals surface area contributed by atoms with Crippen LogP contribution in [0.5, 0.6) is 0 Å². The summed E-state index contributed by atoms with van der Waals surface area (Å²) in [6, 6.07) is 10.8. The van der Waals surface area contributed by atoms with Gasteiger partial charge in [-0.25, -0.2) is 4.98 Å². The molecule has 5 rings (SSSR count). The van der Waals surface area contributed by atoms with Crippen LogP contribution in [0.4, 0.5) is 0 Å². The Hall–Kier alpha value is -2.16. The molecule has 0 radical (unpaired) electrons. The normalized spacial score (nSPS) is 17.1. The van der Waals surface area contributed by atoms with Crippen LogP contribution in [0.25, 0.3) is 10.2 Å². The molecule has 6 nitrogen and oxygen atoms in total. The smallest absolute Gasteiger partial charge is 0.263 e. The van der Waals surface area contributed by atoms with Crippen molar-refractivity contribution in [2.24, 2.45) is 0 Å². The van der Waals surface area contributed by atoms with Crippen molar-refractivity contribution in [2.45, 2.75) is 69.7 Å². The van der Waals surface area contributed by atoms with Gasteiger partial charge in [0.2, 0.25) is 5.91 Å². The molecule has 1 aliphatic heterocycles. The first-order valence-electron chi connectivity index (χ1n) is 12.4. The van der Waals surface area contributed by atoms with Gasteiger partial charge in [-0.2, -0.15) is 0 Å². The average Bonchev–Trinajstić information content (AvgIpc) is 3.23. The highest BCUT2D eigenvalue weighted by Crippen LogP contribution is 2.34. The number of thiophene rings is 1. The van der Waals surface area contributed by atoms with Gasteiger partial charge >= 0.3 is 0 Å². The van der Waals surface area contributed by atoms with Crippen LogP contribution in [0, 0.1) is 0 Å². The van der Waals surface area contributed by atoms with Gasteiger partial charge in [0.1, 0.15) is 4.83 Å². The molecule has 180 valence electrons. The summed E-state index contributed by atoms with van der Waals surface area (Å²) in [6.45, 7) is 5.48. The van der Waals surface area contributed by atoms with E-state index in [4.69, 9.17) is 4.98 Å². The van der Waals surface area contributed by atoms with E-state index in [9.17, 15) is 9.59 Å². The molecule has 1 N–H and O–H groups in total. The van der Waals surface area contributed by atoms with E-state index in [0.717, 1.165) is 62.0 Å². The topological polar surface area (TPSA) is 67.2 Å². The number of carbonyl (C=O) groups is 1. The number of nitrogens with zero attached hydrogens (tertiary/aromatic N) is 3. The molecule has 0 bridgehead atoms. The fourth-order valence-electron chi connectivity index (χ4n) is 5.09. The zero-order valence-corrected chi connectivity index (χ0v) is 21.3. The van der Waals surface area contributed by atoms with E-state index in [1.54, 1.807) is 15.9 Å². The first kappa shape index (κ1) is 23.6.